The molecule has 0 saturated heterocycles. The summed E-state index contributed by atoms with van der Waals surface area (Å²) in [4.78, 5) is 4.36. The second-order valence-corrected chi connectivity index (χ2v) is 5.09. The van der Waals surface area contributed by atoms with Crippen molar-refractivity contribution in [2.45, 2.75) is 38.6 Å². The SMILES string of the molecule is C=CCCCC(NCCC)c1ncc(Cl)cc1Cl. The Kier molecular flexibility index (Phi) is 7.33. The van der Waals surface area contributed by atoms with Crippen LogP contribution < -0.4 is 5.32 Å². The van der Waals surface area contributed by atoms with E-state index in [1.807, 2.05) is 6.08 Å². The van der Waals surface area contributed by atoms with E-state index in [4.69, 9.17) is 23.2 Å². The highest BCUT2D eigenvalue weighted by molar-refractivity contribution is 6.34. The average Bonchev–Trinajstić information content (AvgIpc) is 2.34. The molecule has 1 atom stereocenters. The van der Waals surface area contributed by atoms with Crippen molar-refractivity contribution in [3.05, 3.63) is 40.7 Å². The number of hydrogen-bond acceptors (Lipinski definition) is 2. The normalized spacial score (nSPS) is 12.4. The zero-order valence-electron chi connectivity index (χ0n) is 10.8. The molecule has 0 fully saturated rings. The van der Waals surface area contributed by atoms with Crippen LogP contribution in [0.4, 0.5) is 0 Å². The number of allylic oxidation sites excluding steroid dienone is 1. The first-order valence-electron chi connectivity index (χ1n) is 6.34. The van der Waals surface area contributed by atoms with Crippen LogP contribution in [0.5, 0.6) is 0 Å². The van der Waals surface area contributed by atoms with E-state index >= 15 is 0 Å². The Morgan fingerprint density at radius 1 is 1.50 bits per heavy atom. The number of halogens is 2. The maximum absolute atomic E-state index is 6.21. The number of nitrogens with zero attached hydrogens (tertiary/aromatic N) is 1. The Hall–Kier alpha value is -0.570. The predicted octanol–water partition coefficient (Wildman–Crippen LogP) is 4.79. The first-order chi connectivity index (χ1) is 8.69. The van der Waals surface area contributed by atoms with Gasteiger partial charge in [-0.05, 0) is 38.3 Å². The molecule has 0 aromatic carbocycles. The summed E-state index contributed by atoms with van der Waals surface area (Å²) in [6, 6.07) is 1.94. The minimum Gasteiger partial charge on any atom is -0.309 e. The second kappa shape index (κ2) is 8.52. The van der Waals surface area contributed by atoms with Gasteiger partial charge in [-0.25, -0.2) is 0 Å². The van der Waals surface area contributed by atoms with E-state index in [9.17, 15) is 0 Å². The van der Waals surface area contributed by atoms with Crippen molar-refractivity contribution >= 4 is 23.2 Å². The lowest BCUT2D eigenvalue weighted by atomic mass is 10.1. The molecule has 1 aromatic rings. The Labute approximate surface area is 119 Å². The smallest absolute Gasteiger partial charge is 0.0760 e. The summed E-state index contributed by atoms with van der Waals surface area (Å²) in [6.45, 7) is 6.84. The van der Waals surface area contributed by atoms with Crippen molar-refractivity contribution in [1.29, 1.82) is 0 Å². The molecule has 0 aliphatic heterocycles. The largest absolute Gasteiger partial charge is 0.309 e. The van der Waals surface area contributed by atoms with Gasteiger partial charge in [0.05, 0.1) is 21.8 Å². The van der Waals surface area contributed by atoms with E-state index in [2.05, 4.69) is 23.8 Å². The van der Waals surface area contributed by atoms with Crippen LogP contribution in [0.1, 0.15) is 44.3 Å². The number of rotatable bonds is 8. The standard InChI is InChI=1S/C14H20Cl2N2/c1-3-5-6-7-13(17-8-4-2)14-12(16)9-11(15)10-18-14/h3,9-10,13,17H,1,4-8H2,2H3. The third-order valence-corrected chi connectivity index (χ3v) is 3.22. The predicted molar refractivity (Wildman–Crippen MR) is 79.3 cm³/mol. The fourth-order valence-corrected chi connectivity index (χ4v) is 2.31. The topological polar surface area (TPSA) is 24.9 Å². The number of unbranched alkanes of at least 4 members (excludes halogenated alkanes) is 1. The van der Waals surface area contributed by atoms with Crippen molar-refractivity contribution < 1.29 is 0 Å². The van der Waals surface area contributed by atoms with E-state index < -0.39 is 0 Å². The average molecular weight is 287 g/mol. The van der Waals surface area contributed by atoms with E-state index in [0.717, 1.165) is 37.9 Å². The summed E-state index contributed by atoms with van der Waals surface area (Å²) in [5.74, 6) is 0. The molecule has 1 heterocycles. The molecule has 0 aliphatic carbocycles. The lowest BCUT2D eigenvalue weighted by molar-refractivity contribution is 0.476. The molecule has 1 aromatic heterocycles. The van der Waals surface area contributed by atoms with Gasteiger partial charge < -0.3 is 5.32 Å². The molecule has 0 amide bonds. The van der Waals surface area contributed by atoms with Crippen LogP contribution in [0.15, 0.2) is 24.9 Å². The van der Waals surface area contributed by atoms with Crippen molar-refractivity contribution in [3.8, 4) is 0 Å². The molecule has 1 N–H and O–H groups in total. The van der Waals surface area contributed by atoms with Gasteiger partial charge in [0.2, 0.25) is 0 Å². The van der Waals surface area contributed by atoms with Crippen LogP contribution >= 0.6 is 23.2 Å². The lowest BCUT2D eigenvalue weighted by Gasteiger charge is -2.19. The van der Waals surface area contributed by atoms with E-state index in [1.165, 1.54) is 0 Å². The number of pyridine rings is 1. The fourth-order valence-electron chi connectivity index (χ4n) is 1.80. The first-order valence-corrected chi connectivity index (χ1v) is 7.09. The number of aromatic nitrogens is 1. The Balaban J connectivity index is 2.76. The van der Waals surface area contributed by atoms with Gasteiger partial charge >= 0.3 is 0 Å². The highest BCUT2D eigenvalue weighted by atomic mass is 35.5. The number of nitrogens with one attached hydrogen (secondary N) is 1. The fraction of sp³-hybridized carbons (Fsp3) is 0.500. The molecule has 1 rings (SSSR count). The van der Waals surface area contributed by atoms with Crippen LogP contribution in [0.2, 0.25) is 10.0 Å². The Morgan fingerprint density at radius 3 is 2.89 bits per heavy atom. The minimum absolute atomic E-state index is 0.190. The summed E-state index contributed by atoms with van der Waals surface area (Å²) in [6.07, 6.45) is 7.76. The molecule has 0 aliphatic rings. The van der Waals surface area contributed by atoms with Gasteiger partial charge in [-0.3, -0.25) is 4.98 Å². The zero-order valence-corrected chi connectivity index (χ0v) is 12.3. The van der Waals surface area contributed by atoms with E-state index in [0.29, 0.717) is 10.0 Å². The monoisotopic (exact) mass is 286 g/mol. The molecular formula is C14H20Cl2N2. The third kappa shape index (κ3) is 4.97. The van der Waals surface area contributed by atoms with Gasteiger partial charge in [0.15, 0.2) is 0 Å². The van der Waals surface area contributed by atoms with Crippen LogP contribution in [-0.4, -0.2) is 11.5 Å². The first kappa shape index (κ1) is 15.5. The highest BCUT2D eigenvalue weighted by Gasteiger charge is 2.15. The molecule has 0 bridgehead atoms. The Morgan fingerprint density at radius 2 is 2.28 bits per heavy atom. The molecule has 18 heavy (non-hydrogen) atoms. The second-order valence-electron chi connectivity index (χ2n) is 4.25. The van der Waals surface area contributed by atoms with Crippen LogP contribution in [-0.2, 0) is 0 Å². The molecule has 100 valence electrons. The summed E-state index contributed by atoms with van der Waals surface area (Å²) >= 11 is 12.1. The van der Waals surface area contributed by atoms with Gasteiger partial charge in [-0.2, -0.15) is 0 Å². The minimum atomic E-state index is 0.190. The maximum atomic E-state index is 6.21. The highest BCUT2D eigenvalue weighted by Crippen LogP contribution is 2.27. The van der Waals surface area contributed by atoms with Crippen molar-refractivity contribution in [3.63, 3.8) is 0 Å². The molecule has 1 unspecified atom stereocenters. The van der Waals surface area contributed by atoms with Gasteiger partial charge in [-0.15, -0.1) is 6.58 Å². The van der Waals surface area contributed by atoms with Gasteiger partial charge in [0, 0.05) is 6.20 Å². The summed E-state index contributed by atoms with van der Waals surface area (Å²) in [5, 5.41) is 4.69. The van der Waals surface area contributed by atoms with Crippen LogP contribution in [0.25, 0.3) is 0 Å². The number of hydrogen-bond donors (Lipinski definition) is 1. The molecular weight excluding hydrogens is 267 g/mol. The maximum Gasteiger partial charge on any atom is 0.0760 e. The Bertz CT molecular complexity index is 380. The molecule has 2 nitrogen and oxygen atoms in total. The van der Waals surface area contributed by atoms with E-state index in [-0.39, 0.29) is 6.04 Å². The molecule has 0 spiro atoms. The quantitative estimate of drug-likeness (QED) is 0.549. The van der Waals surface area contributed by atoms with Crippen LogP contribution in [0, 0.1) is 0 Å². The molecule has 0 radical (unpaired) electrons. The van der Waals surface area contributed by atoms with Gasteiger partial charge in [0.25, 0.3) is 0 Å². The third-order valence-electron chi connectivity index (χ3n) is 2.71. The lowest BCUT2D eigenvalue weighted by Crippen LogP contribution is -2.23. The summed E-state index contributed by atoms with van der Waals surface area (Å²) in [5.41, 5.74) is 0.888. The molecule has 4 heteroatoms. The van der Waals surface area contributed by atoms with Crippen molar-refractivity contribution in [2.75, 3.05) is 6.54 Å². The summed E-state index contributed by atoms with van der Waals surface area (Å²) < 4.78 is 0. The van der Waals surface area contributed by atoms with E-state index in [1.54, 1.807) is 12.3 Å². The molecule has 0 saturated carbocycles. The zero-order chi connectivity index (χ0) is 13.4. The van der Waals surface area contributed by atoms with Gasteiger partial charge in [0.1, 0.15) is 0 Å². The van der Waals surface area contributed by atoms with Crippen molar-refractivity contribution in [1.82, 2.24) is 10.3 Å². The summed E-state index contributed by atoms with van der Waals surface area (Å²) in [7, 11) is 0. The van der Waals surface area contributed by atoms with Gasteiger partial charge in [-0.1, -0.05) is 36.2 Å². The van der Waals surface area contributed by atoms with Crippen molar-refractivity contribution in [2.24, 2.45) is 0 Å². The van der Waals surface area contributed by atoms with Crippen LogP contribution in [0.3, 0.4) is 0 Å².